The highest BCUT2D eigenvalue weighted by Gasteiger charge is 2.29. The molecule has 1 aliphatic rings. The molecule has 2 rings (SSSR count). The summed E-state index contributed by atoms with van der Waals surface area (Å²) in [6.45, 7) is 1.20. The van der Waals surface area contributed by atoms with Gasteiger partial charge in [0.1, 0.15) is 0 Å². The van der Waals surface area contributed by atoms with E-state index in [0.717, 1.165) is 4.47 Å². The molecule has 114 valence electrons. The number of rotatable bonds is 2. The number of nitrogen functional groups attached to an aromatic ring is 1. The monoisotopic (exact) mass is 353 g/mol. The summed E-state index contributed by atoms with van der Waals surface area (Å²) in [5, 5.41) is 0. The SMILES string of the molecule is CN(C)C(=O)C1CCN(C(=O)c2cc(N)ccc2Br)CC1. The maximum Gasteiger partial charge on any atom is 0.255 e. The van der Waals surface area contributed by atoms with E-state index in [1.54, 1.807) is 42.1 Å². The van der Waals surface area contributed by atoms with Gasteiger partial charge in [0.2, 0.25) is 5.91 Å². The minimum absolute atomic E-state index is 0.0216. The van der Waals surface area contributed by atoms with E-state index in [1.807, 2.05) is 0 Å². The molecule has 0 aliphatic carbocycles. The molecule has 1 fully saturated rings. The van der Waals surface area contributed by atoms with E-state index in [1.165, 1.54) is 0 Å². The van der Waals surface area contributed by atoms with E-state index < -0.39 is 0 Å². The van der Waals surface area contributed by atoms with E-state index >= 15 is 0 Å². The molecule has 0 aromatic heterocycles. The van der Waals surface area contributed by atoms with Crippen LogP contribution in [-0.4, -0.2) is 48.8 Å². The van der Waals surface area contributed by atoms with Gasteiger partial charge in [-0.15, -0.1) is 0 Å². The predicted octanol–water partition coefficient (Wildman–Crippen LogP) is 1.97. The van der Waals surface area contributed by atoms with Gasteiger partial charge in [0, 0.05) is 43.3 Å². The van der Waals surface area contributed by atoms with Crippen molar-refractivity contribution in [2.75, 3.05) is 32.9 Å². The van der Waals surface area contributed by atoms with Crippen molar-refractivity contribution >= 4 is 33.4 Å². The predicted molar refractivity (Wildman–Crippen MR) is 85.9 cm³/mol. The van der Waals surface area contributed by atoms with Crippen molar-refractivity contribution in [1.82, 2.24) is 9.80 Å². The number of carbonyl (C=O) groups is 2. The first-order chi connectivity index (χ1) is 9.90. The van der Waals surface area contributed by atoms with Crippen LogP contribution in [0.3, 0.4) is 0 Å². The summed E-state index contributed by atoms with van der Waals surface area (Å²) >= 11 is 3.39. The number of likely N-dealkylation sites (tertiary alicyclic amines) is 1. The lowest BCUT2D eigenvalue weighted by Gasteiger charge is -2.32. The summed E-state index contributed by atoms with van der Waals surface area (Å²) in [5.41, 5.74) is 6.89. The lowest BCUT2D eigenvalue weighted by atomic mass is 9.95. The number of carbonyl (C=O) groups excluding carboxylic acids is 2. The summed E-state index contributed by atoms with van der Waals surface area (Å²) < 4.78 is 0.744. The molecule has 5 nitrogen and oxygen atoms in total. The number of nitrogens with two attached hydrogens (primary N) is 1. The first-order valence-electron chi connectivity index (χ1n) is 6.95. The summed E-state index contributed by atoms with van der Waals surface area (Å²) in [7, 11) is 3.54. The van der Waals surface area contributed by atoms with Crippen molar-refractivity contribution < 1.29 is 9.59 Å². The highest BCUT2D eigenvalue weighted by molar-refractivity contribution is 9.10. The Morgan fingerprint density at radius 2 is 1.90 bits per heavy atom. The van der Waals surface area contributed by atoms with E-state index in [9.17, 15) is 9.59 Å². The highest BCUT2D eigenvalue weighted by atomic mass is 79.9. The van der Waals surface area contributed by atoms with Gasteiger partial charge in [0.05, 0.1) is 5.56 Å². The van der Waals surface area contributed by atoms with Gasteiger partial charge in [-0.3, -0.25) is 9.59 Å². The molecule has 0 atom stereocenters. The van der Waals surface area contributed by atoms with Crippen LogP contribution in [0.2, 0.25) is 0 Å². The third-order valence-electron chi connectivity index (χ3n) is 3.79. The average Bonchev–Trinajstić information content (AvgIpc) is 2.48. The number of halogens is 1. The Labute approximate surface area is 133 Å². The molecule has 2 N–H and O–H groups in total. The lowest BCUT2D eigenvalue weighted by Crippen LogP contribution is -2.42. The van der Waals surface area contributed by atoms with Gasteiger partial charge >= 0.3 is 0 Å². The molecule has 0 spiro atoms. The number of anilines is 1. The van der Waals surface area contributed by atoms with Crippen LogP contribution in [0, 0.1) is 5.92 Å². The molecular formula is C15H20BrN3O2. The van der Waals surface area contributed by atoms with E-state index in [2.05, 4.69) is 15.9 Å². The normalized spacial score (nSPS) is 15.9. The van der Waals surface area contributed by atoms with E-state index in [4.69, 9.17) is 5.73 Å². The summed E-state index contributed by atoms with van der Waals surface area (Å²) in [6.07, 6.45) is 1.42. The molecule has 0 radical (unpaired) electrons. The minimum Gasteiger partial charge on any atom is -0.399 e. The summed E-state index contributed by atoms with van der Waals surface area (Å²) in [5.74, 6) is 0.130. The van der Waals surface area contributed by atoms with Gasteiger partial charge in [-0.05, 0) is 47.0 Å². The van der Waals surface area contributed by atoms with Gasteiger partial charge in [0.25, 0.3) is 5.91 Å². The quantitative estimate of drug-likeness (QED) is 0.826. The van der Waals surface area contributed by atoms with Crippen LogP contribution in [0.25, 0.3) is 0 Å². The Morgan fingerprint density at radius 1 is 1.29 bits per heavy atom. The molecule has 1 heterocycles. The summed E-state index contributed by atoms with van der Waals surface area (Å²) in [4.78, 5) is 27.9. The second kappa shape index (κ2) is 6.47. The van der Waals surface area contributed by atoms with Crippen molar-refractivity contribution in [3.8, 4) is 0 Å². The fourth-order valence-corrected chi connectivity index (χ4v) is 2.99. The van der Waals surface area contributed by atoms with Crippen molar-refractivity contribution in [2.24, 2.45) is 5.92 Å². The summed E-state index contributed by atoms with van der Waals surface area (Å²) in [6, 6.07) is 5.22. The van der Waals surface area contributed by atoms with Gasteiger partial charge in [-0.25, -0.2) is 0 Å². The molecule has 0 unspecified atom stereocenters. The second-order valence-corrected chi connectivity index (χ2v) is 6.39. The van der Waals surface area contributed by atoms with Crippen LogP contribution in [-0.2, 0) is 4.79 Å². The molecular weight excluding hydrogens is 334 g/mol. The third-order valence-corrected chi connectivity index (χ3v) is 4.48. The number of piperidine rings is 1. The molecule has 0 bridgehead atoms. The Bertz CT molecular complexity index is 552. The fourth-order valence-electron chi connectivity index (χ4n) is 2.57. The van der Waals surface area contributed by atoms with Crippen LogP contribution in [0.5, 0.6) is 0 Å². The molecule has 2 amide bonds. The lowest BCUT2D eigenvalue weighted by molar-refractivity contribution is -0.134. The third kappa shape index (κ3) is 3.56. The molecule has 6 heteroatoms. The Kier molecular flexibility index (Phi) is 4.88. The van der Waals surface area contributed by atoms with Gasteiger partial charge in [0.15, 0.2) is 0 Å². The molecule has 21 heavy (non-hydrogen) atoms. The Hall–Kier alpha value is -1.56. The Morgan fingerprint density at radius 3 is 2.48 bits per heavy atom. The van der Waals surface area contributed by atoms with Gasteiger partial charge in [-0.2, -0.15) is 0 Å². The van der Waals surface area contributed by atoms with Crippen LogP contribution in [0.15, 0.2) is 22.7 Å². The first kappa shape index (κ1) is 15.8. The van der Waals surface area contributed by atoms with Crippen molar-refractivity contribution in [1.29, 1.82) is 0 Å². The van der Waals surface area contributed by atoms with Crippen LogP contribution >= 0.6 is 15.9 Å². The van der Waals surface area contributed by atoms with Gasteiger partial charge in [-0.1, -0.05) is 0 Å². The van der Waals surface area contributed by atoms with Gasteiger partial charge < -0.3 is 15.5 Å². The van der Waals surface area contributed by atoms with Crippen molar-refractivity contribution in [3.05, 3.63) is 28.2 Å². The maximum atomic E-state index is 12.5. The van der Waals surface area contributed by atoms with Crippen LogP contribution in [0.1, 0.15) is 23.2 Å². The zero-order valence-electron chi connectivity index (χ0n) is 12.3. The molecule has 1 aromatic rings. The molecule has 1 aromatic carbocycles. The van der Waals surface area contributed by atoms with E-state index in [0.29, 0.717) is 37.2 Å². The highest BCUT2D eigenvalue weighted by Crippen LogP contribution is 2.25. The number of benzene rings is 1. The van der Waals surface area contributed by atoms with Crippen molar-refractivity contribution in [2.45, 2.75) is 12.8 Å². The maximum absolute atomic E-state index is 12.5. The van der Waals surface area contributed by atoms with Crippen molar-refractivity contribution in [3.63, 3.8) is 0 Å². The number of hydrogen-bond acceptors (Lipinski definition) is 3. The smallest absolute Gasteiger partial charge is 0.255 e. The number of hydrogen-bond donors (Lipinski definition) is 1. The van der Waals surface area contributed by atoms with Crippen LogP contribution < -0.4 is 5.73 Å². The zero-order chi connectivity index (χ0) is 15.6. The largest absolute Gasteiger partial charge is 0.399 e. The number of amides is 2. The standard InChI is InChI=1S/C15H20BrN3O2/c1-18(2)14(20)10-5-7-19(8-6-10)15(21)12-9-11(17)3-4-13(12)16/h3-4,9-10H,5-8,17H2,1-2H3. The van der Waals surface area contributed by atoms with E-state index in [-0.39, 0.29) is 17.7 Å². The second-order valence-electron chi connectivity index (χ2n) is 5.54. The Balaban J connectivity index is 2.03. The average molecular weight is 354 g/mol. The zero-order valence-corrected chi connectivity index (χ0v) is 13.9. The minimum atomic E-state index is -0.0371. The fraction of sp³-hybridized carbons (Fsp3) is 0.467. The number of nitrogens with zero attached hydrogens (tertiary/aromatic N) is 2. The molecule has 1 saturated heterocycles. The molecule has 1 aliphatic heterocycles. The van der Waals surface area contributed by atoms with Crippen LogP contribution in [0.4, 0.5) is 5.69 Å². The first-order valence-corrected chi connectivity index (χ1v) is 7.75. The topological polar surface area (TPSA) is 66.6 Å². The molecule has 0 saturated carbocycles.